The maximum Gasteiger partial charge on any atom is 0.0561 e. The average molecular weight is 185 g/mol. The third-order valence-corrected chi connectivity index (χ3v) is 2.55. The molecule has 78 valence electrons. The van der Waals surface area contributed by atoms with Crippen LogP contribution in [0.25, 0.3) is 0 Å². The molecule has 1 aliphatic rings. The summed E-state index contributed by atoms with van der Waals surface area (Å²) >= 11 is 0. The number of rotatable bonds is 7. The molecule has 0 aliphatic heterocycles. The topological polar surface area (TPSA) is 21.3 Å². The van der Waals surface area contributed by atoms with Gasteiger partial charge in [-0.15, -0.1) is 0 Å². The van der Waals surface area contributed by atoms with E-state index < -0.39 is 0 Å². The fraction of sp³-hybridized carbons (Fsp3) is 1.00. The molecule has 0 aromatic heterocycles. The van der Waals surface area contributed by atoms with Crippen LogP contribution in [0.15, 0.2) is 0 Å². The average Bonchev–Trinajstić information content (AvgIpc) is 2.84. The molecule has 2 unspecified atom stereocenters. The van der Waals surface area contributed by atoms with E-state index in [2.05, 4.69) is 26.1 Å². The van der Waals surface area contributed by atoms with Gasteiger partial charge in [0.1, 0.15) is 0 Å². The summed E-state index contributed by atoms with van der Waals surface area (Å²) in [6.45, 7) is 8.58. The minimum atomic E-state index is 0.412. The molecule has 1 fully saturated rings. The highest BCUT2D eigenvalue weighted by Gasteiger charge is 2.22. The second-order valence-corrected chi connectivity index (χ2v) is 4.28. The van der Waals surface area contributed by atoms with Crippen molar-refractivity contribution in [2.45, 2.75) is 52.2 Å². The van der Waals surface area contributed by atoms with Gasteiger partial charge in [0, 0.05) is 12.6 Å². The molecule has 2 heteroatoms. The van der Waals surface area contributed by atoms with E-state index in [1.165, 1.54) is 12.8 Å². The molecule has 2 atom stereocenters. The summed E-state index contributed by atoms with van der Waals surface area (Å²) in [5.74, 6) is 0.886. The van der Waals surface area contributed by atoms with Gasteiger partial charge in [0.2, 0.25) is 0 Å². The van der Waals surface area contributed by atoms with E-state index in [9.17, 15) is 0 Å². The van der Waals surface area contributed by atoms with E-state index in [-0.39, 0.29) is 0 Å². The zero-order chi connectivity index (χ0) is 9.68. The number of hydrogen-bond donors (Lipinski definition) is 1. The Labute approximate surface area is 82.0 Å². The lowest BCUT2D eigenvalue weighted by molar-refractivity contribution is 0.0472. The molecule has 0 amide bonds. The summed E-state index contributed by atoms with van der Waals surface area (Å²) in [4.78, 5) is 0. The Morgan fingerprint density at radius 1 is 1.38 bits per heavy atom. The first-order valence-electron chi connectivity index (χ1n) is 5.57. The molecule has 0 aromatic rings. The molecular formula is C11H23NO. The van der Waals surface area contributed by atoms with Crippen LogP contribution in [0.3, 0.4) is 0 Å². The molecule has 0 radical (unpaired) electrons. The second-order valence-electron chi connectivity index (χ2n) is 4.28. The Balaban J connectivity index is 1.97. The smallest absolute Gasteiger partial charge is 0.0561 e. The largest absolute Gasteiger partial charge is 0.378 e. The molecule has 1 saturated carbocycles. The van der Waals surface area contributed by atoms with E-state index in [1.807, 2.05) is 0 Å². The van der Waals surface area contributed by atoms with Crippen LogP contribution in [0.1, 0.15) is 40.0 Å². The lowest BCUT2D eigenvalue weighted by Crippen LogP contribution is -2.30. The molecule has 1 N–H and O–H groups in total. The first-order valence-corrected chi connectivity index (χ1v) is 5.57. The van der Waals surface area contributed by atoms with Crippen molar-refractivity contribution in [2.75, 3.05) is 13.2 Å². The lowest BCUT2D eigenvalue weighted by atomic mass is 10.1. The minimum Gasteiger partial charge on any atom is -0.378 e. The van der Waals surface area contributed by atoms with Gasteiger partial charge in [0.15, 0.2) is 0 Å². The van der Waals surface area contributed by atoms with Crippen molar-refractivity contribution in [3.05, 3.63) is 0 Å². The quantitative estimate of drug-likeness (QED) is 0.656. The van der Waals surface area contributed by atoms with Crippen molar-refractivity contribution >= 4 is 0 Å². The van der Waals surface area contributed by atoms with Crippen LogP contribution in [0, 0.1) is 5.92 Å². The SMILES string of the molecule is CCNC(C)CC(C)OCC1CC1. The molecule has 1 rings (SSSR count). The van der Waals surface area contributed by atoms with Gasteiger partial charge < -0.3 is 10.1 Å². The summed E-state index contributed by atoms with van der Waals surface area (Å²) in [5, 5.41) is 3.40. The maximum atomic E-state index is 5.74. The van der Waals surface area contributed by atoms with Crippen molar-refractivity contribution in [3.63, 3.8) is 0 Å². The van der Waals surface area contributed by atoms with E-state index in [1.54, 1.807) is 0 Å². The van der Waals surface area contributed by atoms with E-state index >= 15 is 0 Å². The second kappa shape index (κ2) is 5.61. The zero-order valence-corrected chi connectivity index (χ0v) is 9.18. The summed E-state index contributed by atoms with van der Waals surface area (Å²) < 4.78 is 5.74. The van der Waals surface area contributed by atoms with Crippen molar-refractivity contribution in [2.24, 2.45) is 5.92 Å². The Kier molecular flexibility index (Phi) is 4.74. The van der Waals surface area contributed by atoms with Crippen molar-refractivity contribution in [1.29, 1.82) is 0 Å². The molecule has 0 saturated heterocycles. The van der Waals surface area contributed by atoms with Crippen LogP contribution in [0.2, 0.25) is 0 Å². The van der Waals surface area contributed by atoms with E-state index in [0.29, 0.717) is 12.1 Å². The fourth-order valence-electron chi connectivity index (χ4n) is 1.58. The first kappa shape index (κ1) is 11.0. The predicted octanol–water partition coefficient (Wildman–Crippen LogP) is 2.19. The highest BCUT2D eigenvalue weighted by atomic mass is 16.5. The Morgan fingerprint density at radius 2 is 2.08 bits per heavy atom. The van der Waals surface area contributed by atoms with Gasteiger partial charge >= 0.3 is 0 Å². The van der Waals surface area contributed by atoms with E-state index in [0.717, 1.165) is 25.5 Å². The Morgan fingerprint density at radius 3 is 2.62 bits per heavy atom. The van der Waals surface area contributed by atoms with E-state index in [4.69, 9.17) is 4.74 Å². The van der Waals surface area contributed by atoms with Gasteiger partial charge in [-0.05, 0) is 45.6 Å². The Hall–Kier alpha value is -0.0800. The monoisotopic (exact) mass is 185 g/mol. The van der Waals surface area contributed by atoms with Crippen LogP contribution in [0.5, 0.6) is 0 Å². The standard InChI is InChI=1S/C11H23NO/c1-4-12-9(2)7-10(3)13-8-11-5-6-11/h9-12H,4-8H2,1-3H3. The fourth-order valence-corrected chi connectivity index (χ4v) is 1.58. The van der Waals surface area contributed by atoms with Crippen molar-refractivity contribution in [1.82, 2.24) is 5.32 Å². The zero-order valence-electron chi connectivity index (χ0n) is 9.18. The normalized spacial score (nSPS) is 21.5. The number of hydrogen-bond acceptors (Lipinski definition) is 2. The van der Waals surface area contributed by atoms with Gasteiger partial charge in [0.25, 0.3) is 0 Å². The van der Waals surface area contributed by atoms with Gasteiger partial charge in [0.05, 0.1) is 6.10 Å². The third kappa shape index (κ3) is 5.27. The van der Waals surface area contributed by atoms with Crippen molar-refractivity contribution < 1.29 is 4.74 Å². The molecule has 13 heavy (non-hydrogen) atoms. The van der Waals surface area contributed by atoms with Crippen LogP contribution < -0.4 is 5.32 Å². The summed E-state index contributed by atoms with van der Waals surface area (Å²) in [5.41, 5.74) is 0. The molecule has 0 bridgehead atoms. The van der Waals surface area contributed by atoms with Crippen LogP contribution >= 0.6 is 0 Å². The number of ether oxygens (including phenoxy) is 1. The van der Waals surface area contributed by atoms with Gasteiger partial charge in [-0.1, -0.05) is 6.92 Å². The summed E-state index contributed by atoms with van der Waals surface area (Å²) in [6.07, 6.45) is 4.31. The van der Waals surface area contributed by atoms with Crippen LogP contribution in [-0.4, -0.2) is 25.3 Å². The molecular weight excluding hydrogens is 162 g/mol. The Bertz CT molecular complexity index is 134. The van der Waals surface area contributed by atoms with Crippen molar-refractivity contribution in [3.8, 4) is 0 Å². The minimum absolute atomic E-state index is 0.412. The molecule has 0 heterocycles. The highest BCUT2D eigenvalue weighted by molar-refractivity contribution is 4.73. The third-order valence-electron chi connectivity index (χ3n) is 2.55. The van der Waals surface area contributed by atoms with Gasteiger partial charge in [-0.2, -0.15) is 0 Å². The molecule has 2 nitrogen and oxygen atoms in total. The van der Waals surface area contributed by atoms with Gasteiger partial charge in [-0.25, -0.2) is 0 Å². The summed E-state index contributed by atoms with van der Waals surface area (Å²) in [7, 11) is 0. The lowest BCUT2D eigenvalue weighted by Gasteiger charge is -2.18. The molecule has 1 aliphatic carbocycles. The van der Waals surface area contributed by atoms with Gasteiger partial charge in [-0.3, -0.25) is 0 Å². The highest BCUT2D eigenvalue weighted by Crippen LogP contribution is 2.29. The summed E-state index contributed by atoms with van der Waals surface area (Å²) in [6, 6.07) is 0.583. The maximum absolute atomic E-state index is 5.74. The van der Waals surface area contributed by atoms with Crippen LogP contribution in [0.4, 0.5) is 0 Å². The first-order chi connectivity index (χ1) is 6.22. The molecule has 0 aromatic carbocycles. The molecule has 0 spiro atoms. The number of nitrogens with one attached hydrogen (secondary N) is 1. The predicted molar refractivity (Wildman–Crippen MR) is 55.9 cm³/mol. The van der Waals surface area contributed by atoms with Crippen LogP contribution in [-0.2, 0) is 4.74 Å².